The summed E-state index contributed by atoms with van der Waals surface area (Å²) in [6.07, 6.45) is 3.09. The minimum Gasteiger partial charge on any atom is -0.494 e. The van der Waals surface area contributed by atoms with Gasteiger partial charge in [0.05, 0.1) is 41.1 Å². The molecule has 30 heavy (non-hydrogen) atoms. The van der Waals surface area contributed by atoms with E-state index in [0.717, 1.165) is 23.0 Å². The molecule has 0 amide bonds. The van der Waals surface area contributed by atoms with Crippen molar-refractivity contribution >= 4 is 28.2 Å². The van der Waals surface area contributed by atoms with Crippen LogP contribution in [0.5, 0.6) is 5.75 Å². The van der Waals surface area contributed by atoms with E-state index in [4.69, 9.17) is 10.00 Å². The number of ether oxygens (including phenoxy) is 1. The summed E-state index contributed by atoms with van der Waals surface area (Å²) >= 11 is 0. The van der Waals surface area contributed by atoms with Gasteiger partial charge in [-0.05, 0) is 18.2 Å². The summed E-state index contributed by atoms with van der Waals surface area (Å²) < 4.78 is 20.5. The third-order valence-electron chi connectivity index (χ3n) is 4.27. The van der Waals surface area contributed by atoms with E-state index < -0.39 is 16.4 Å². The molecule has 1 N–H and O–H groups in total. The second-order valence-corrected chi connectivity index (χ2v) is 6.07. The van der Waals surface area contributed by atoms with Crippen LogP contribution < -0.4 is 10.1 Å². The number of fused-ring (bicyclic) bond motifs is 1. The quantitative estimate of drug-likeness (QED) is 0.394. The van der Waals surface area contributed by atoms with E-state index in [1.807, 2.05) is 0 Å². The van der Waals surface area contributed by atoms with Crippen molar-refractivity contribution in [1.82, 2.24) is 19.7 Å². The lowest BCUT2D eigenvalue weighted by molar-refractivity contribution is -0.387. The Morgan fingerprint density at radius 1 is 1.30 bits per heavy atom. The minimum absolute atomic E-state index is 0.0562. The highest BCUT2D eigenvalue weighted by Gasteiger charge is 2.20. The molecule has 0 radical (unpaired) electrons. The van der Waals surface area contributed by atoms with Gasteiger partial charge in [0.1, 0.15) is 5.75 Å². The van der Waals surface area contributed by atoms with Gasteiger partial charge in [0.25, 0.3) is 0 Å². The first kappa shape index (κ1) is 18.8. The topological polar surface area (TPSA) is 132 Å². The van der Waals surface area contributed by atoms with Crippen molar-refractivity contribution in [3.05, 3.63) is 70.3 Å². The molecule has 0 aliphatic heterocycles. The lowest BCUT2D eigenvalue weighted by Gasteiger charge is -2.11. The number of hydrogen-bond acceptors (Lipinski definition) is 8. The number of nitrogens with one attached hydrogen (secondary N) is 1. The van der Waals surface area contributed by atoms with Crippen LogP contribution in [0.25, 0.3) is 16.7 Å². The molecule has 4 rings (SSSR count). The average Bonchev–Trinajstić information content (AvgIpc) is 3.17. The normalized spacial score (nSPS) is 10.6. The van der Waals surface area contributed by atoms with E-state index in [-0.39, 0.29) is 17.4 Å². The molecule has 0 saturated carbocycles. The number of nitriles is 1. The Morgan fingerprint density at radius 3 is 2.87 bits per heavy atom. The van der Waals surface area contributed by atoms with Crippen LogP contribution >= 0.6 is 0 Å². The smallest absolute Gasteiger partial charge is 0.307 e. The SMILES string of the molecule is COc1cc(F)c([N+](=O)[O-])cc1Nc1nccc(-n2ncc3cc(C#N)ccc32)n1. The number of methoxy groups -OCH3 is 1. The zero-order valence-electron chi connectivity index (χ0n) is 15.4. The fourth-order valence-corrected chi connectivity index (χ4v) is 2.88. The molecule has 0 bridgehead atoms. The molecule has 0 aliphatic carbocycles. The summed E-state index contributed by atoms with van der Waals surface area (Å²) in [5, 5.41) is 27.9. The average molecular weight is 405 g/mol. The summed E-state index contributed by atoms with van der Waals surface area (Å²) in [6.45, 7) is 0. The van der Waals surface area contributed by atoms with Gasteiger partial charge in [-0.25, -0.2) is 9.67 Å². The van der Waals surface area contributed by atoms with Crippen molar-refractivity contribution in [2.24, 2.45) is 0 Å². The fraction of sp³-hybridized carbons (Fsp3) is 0.0526. The molecule has 2 heterocycles. The Labute approximate surface area is 168 Å². The van der Waals surface area contributed by atoms with Gasteiger partial charge in [-0.1, -0.05) is 0 Å². The van der Waals surface area contributed by atoms with E-state index in [1.165, 1.54) is 13.3 Å². The lowest BCUT2D eigenvalue weighted by atomic mass is 10.2. The first-order chi connectivity index (χ1) is 14.5. The van der Waals surface area contributed by atoms with E-state index in [2.05, 4.69) is 26.5 Å². The van der Waals surface area contributed by atoms with Crippen molar-refractivity contribution in [1.29, 1.82) is 5.26 Å². The standard InChI is InChI=1S/C19H12FN7O3/c1-30-17-7-13(20)16(27(28)29)8-14(17)24-19-22-5-4-18(25-19)26-15-3-2-11(9-21)6-12(15)10-23-26/h2-8,10H,1H3,(H,22,24,25). The highest BCUT2D eigenvalue weighted by atomic mass is 19.1. The predicted molar refractivity (Wildman–Crippen MR) is 104 cm³/mol. The minimum atomic E-state index is -1.02. The summed E-state index contributed by atoms with van der Waals surface area (Å²) in [5.41, 5.74) is 0.665. The van der Waals surface area contributed by atoms with E-state index >= 15 is 0 Å². The third-order valence-corrected chi connectivity index (χ3v) is 4.27. The maximum atomic E-state index is 13.8. The fourth-order valence-electron chi connectivity index (χ4n) is 2.88. The molecule has 148 valence electrons. The van der Waals surface area contributed by atoms with Gasteiger partial charge in [0.2, 0.25) is 11.8 Å². The Morgan fingerprint density at radius 2 is 2.13 bits per heavy atom. The van der Waals surface area contributed by atoms with Crippen LogP contribution in [0.15, 0.2) is 48.8 Å². The van der Waals surface area contributed by atoms with Crippen LogP contribution in [0.3, 0.4) is 0 Å². The Hall–Kier alpha value is -4.59. The molecule has 4 aromatic rings. The molecule has 10 nitrogen and oxygen atoms in total. The van der Waals surface area contributed by atoms with Gasteiger partial charge in [-0.2, -0.15) is 19.7 Å². The largest absolute Gasteiger partial charge is 0.494 e. The Kier molecular flexibility index (Phi) is 4.65. The number of rotatable bonds is 5. The molecule has 0 atom stereocenters. The molecule has 0 unspecified atom stereocenters. The molecule has 0 saturated heterocycles. The summed E-state index contributed by atoms with van der Waals surface area (Å²) in [4.78, 5) is 18.7. The highest BCUT2D eigenvalue weighted by molar-refractivity contribution is 5.81. The number of nitro groups is 1. The van der Waals surface area contributed by atoms with Crippen LogP contribution in [0.2, 0.25) is 0 Å². The molecular formula is C19H12FN7O3. The molecule has 11 heteroatoms. The number of anilines is 2. The molecule has 2 aromatic carbocycles. The van der Waals surface area contributed by atoms with Crippen molar-refractivity contribution < 1.29 is 14.1 Å². The molecule has 0 spiro atoms. The zero-order chi connectivity index (χ0) is 21.3. The Bertz CT molecular complexity index is 1330. The van der Waals surface area contributed by atoms with Gasteiger partial charge in [-0.15, -0.1) is 0 Å². The number of benzene rings is 2. The molecule has 0 aliphatic rings. The number of hydrogen-bond donors (Lipinski definition) is 1. The first-order valence-electron chi connectivity index (χ1n) is 8.50. The second-order valence-electron chi connectivity index (χ2n) is 6.07. The van der Waals surface area contributed by atoms with Crippen molar-refractivity contribution in [2.45, 2.75) is 0 Å². The van der Waals surface area contributed by atoms with Crippen LogP contribution in [0.1, 0.15) is 5.56 Å². The molecule has 2 aromatic heterocycles. The van der Waals surface area contributed by atoms with Crippen molar-refractivity contribution in [3.63, 3.8) is 0 Å². The third kappa shape index (κ3) is 3.33. The zero-order valence-corrected chi connectivity index (χ0v) is 15.4. The van der Waals surface area contributed by atoms with E-state index in [9.17, 15) is 14.5 Å². The van der Waals surface area contributed by atoms with Crippen LogP contribution in [0.4, 0.5) is 21.7 Å². The summed E-state index contributed by atoms with van der Waals surface area (Å²) in [5.74, 6) is -0.440. The van der Waals surface area contributed by atoms with Crippen molar-refractivity contribution in [3.8, 4) is 17.6 Å². The molecule has 0 fully saturated rings. The number of halogens is 1. The second kappa shape index (κ2) is 7.44. The molecular weight excluding hydrogens is 393 g/mol. The van der Waals surface area contributed by atoms with Gasteiger partial charge in [0, 0.05) is 29.8 Å². The van der Waals surface area contributed by atoms with E-state index in [0.29, 0.717) is 11.4 Å². The van der Waals surface area contributed by atoms with Gasteiger partial charge < -0.3 is 10.1 Å². The van der Waals surface area contributed by atoms with Crippen molar-refractivity contribution in [2.75, 3.05) is 12.4 Å². The van der Waals surface area contributed by atoms with Crippen LogP contribution in [-0.4, -0.2) is 31.8 Å². The maximum absolute atomic E-state index is 13.8. The first-order valence-corrected chi connectivity index (χ1v) is 8.50. The van der Waals surface area contributed by atoms with Gasteiger partial charge in [-0.3, -0.25) is 10.1 Å². The summed E-state index contributed by atoms with van der Waals surface area (Å²) in [6, 6.07) is 10.8. The van der Waals surface area contributed by atoms with Crippen LogP contribution in [0, 0.1) is 27.3 Å². The summed E-state index contributed by atoms with van der Waals surface area (Å²) in [7, 11) is 1.31. The number of aromatic nitrogens is 4. The van der Waals surface area contributed by atoms with E-state index in [1.54, 1.807) is 35.1 Å². The lowest BCUT2D eigenvalue weighted by Crippen LogP contribution is -2.05. The van der Waals surface area contributed by atoms with Gasteiger partial charge >= 0.3 is 5.69 Å². The van der Waals surface area contributed by atoms with Gasteiger partial charge in [0.15, 0.2) is 5.82 Å². The Balaban J connectivity index is 1.73. The monoisotopic (exact) mass is 405 g/mol. The maximum Gasteiger partial charge on any atom is 0.307 e. The van der Waals surface area contributed by atoms with Crippen LogP contribution in [-0.2, 0) is 0 Å². The number of nitro benzene ring substituents is 1. The number of nitrogens with zero attached hydrogens (tertiary/aromatic N) is 6. The highest BCUT2D eigenvalue weighted by Crippen LogP contribution is 2.33. The predicted octanol–water partition coefficient (Wildman–Crippen LogP) is 3.49.